The predicted octanol–water partition coefficient (Wildman–Crippen LogP) is 3.23. The molecular weight excluding hydrogens is 212 g/mol. The van der Waals surface area contributed by atoms with Crippen molar-refractivity contribution in [1.82, 2.24) is 9.55 Å². The summed E-state index contributed by atoms with van der Waals surface area (Å²) in [6, 6.07) is 8.20. The highest BCUT2D eigenvalue weighted by atomic mass is 16.5. The van der Waals surface area contributed by atoms with Crippen LogP contribution >= 0.6 is 0 Å². The van der Waals surface area contributed by atoms with Crippen LogP contribution in [0.4, 0.5) is 0 Å². The van der Waals surface area contributed by atoms with Crippen molar-refractivity contribution in [3.63, 3.8) is 0 Å². The van der Waals surface area contributed by atoms with Crippen molar-refractivity contribution in [2.75, 3.05) is 7.11 Å². The van der Waals surface area contributed by atoms with Gasteiger partial charge in [0.05, 0.1) is 11.0 Å². The summed E-state index contributed by atoms with van der Waals surface area (Å²) < 4.78 is 7.43. The topological polar surface area (TPSA) is 27.1 Å². The summed E-state index contributed by atoms with van der Waals surface area (Å²) in [6.45, 7) is 7.24. The van der Waals surface area contributed by atoms with Gasteiger partial charge >= 0.3 is 0 Å². The van der Waals surface area contributed by atoms with Crippen molar-refractivity contribution >= 4 is 11.0 Å². The molecule has 0 aliphatic heterocycles. The lowest BCUT2D eigenvalue weighted by Gasteiger charge is -2.18. The molecule has 0 amide bonds. The SMILES string of the molecule is COCn1c(CC(C)(C)C)nc2ccccc21. The number of hydrogen-bond donors (Lipinski definition) is 0. The molecule has 17 heavy (non-hydrogen) atoms. The number of benzene rings is 1. The standard InChI is InChI=1S/C14H20N2O/c1-14(2,3)9-13-15-11-7-5-6-8-12(11)16(13)10-17-4/h5-8H,9-10H2,1-4H3. The molecule has 92 valence electrons. The van der Waals surface area contributed by atoms with E-state index in [0.29, 0.717) is 6.73 Å². The van der Waals surface area contributed by atoms with E-state index in [1.807, 2.05) is 18.2 Å². The third kappa shape index (κ3) is 2.67. The number of hydrogen-bond acceptors (Lipinski definition) is 2. The Morgan fingerprint density at radius 1 is 1.24 bits per heavy atom. The van der Waals surface area contributed by atoms with Gasteiger partial charge in [0.25, 0.3) is 0 Å². The fourth-order valence-electron chi connectivity index (χ4n) is 2.01. The zero-order valence-electron chi connectivity index (χ0n) is 11.0. The Morgan fingerprint density at radius 3 is 2.59 bits per heavy atom. The molecule has 1 aromatic heterocycles. The zero-order valence-corrected chi connectivity index (χ0v) is 11.0. The van der Waals surface area contributed by atoms with Gasteiger partial charge in [-0.1, -0.05) is 32.9 Å². The first-order chi connectivity index (χ1) is 8.01. The van der Waals surface area contributed by atoms with E-state index in [-0.39, 0.29) is 5.41 Å². The van der Waals surface area contributed by atoms with Crippen LogP contribution in [0.5, 0.6) is 0 Å². The van der Waals surface area contributed by atoms with Crippen LogP contribution in [0.15, 0.2) is 24.3 Å². The molecular formula is C14H20N2O. The second-order valence-electron chi connectivity index (χ2n) is 5.60. The quantitative estimate of drug-likeness (QED) is 0.812. The van der Waals surface area contributed by atoms with Gasteiger partial charge in [-0.3, -0.25) is 0 Å². The van der Waals surface area contributed by atoms with Crippen LogP contribution in [0.1, 0.15) is 26.6 Å². The van der Waals surface area contributed by atoms with E-state index in [9.17, 15) is 0 Å². The number of methoxy groups -OCH3 is 1. The molecule has 3 heteroatoms. The van der Waals surface area contributed by atoms with Crippen molar-refractivity contribution < 1.29 is 4.74 Å². The molecule has 0 atom stereocenters. The summed E-state index contributed by atoms with van der Waals surface area (Å²) in [5.74, 6) is 1.10. The Morgan fingerprint density at radius 2 is 1.94 bits per heavy atom. The predicted molar refractivity (Wildman–Crippen MR) is 69.9 cm³/mol. The van der Waals surface area contributed by atoms with E-state index in [0.717, 1.165) is 23.3 Å². The molecule has 0 saturated heterocycles. The molecule has 0 aliphatic rings. The molecule has 0 N–H and O–H groups in total. The third-order valence-corrected chi connectivity index (χ3v) is 2.68. The van der Waals surface area contributed by atoms with E-state index >= 15 is 0 Å². The average molecular weight is 232 g/mol. The normalized spacial score (nSPS) is 12.2. The van der Waals surface area contributed by atoms with E-state index in [4.69, 9.17) is 9.72 Å². The van der Waals surface area contributed by atoms with Crippen LogP contribution < -0.4 is 0 Å². The lowest BCUT2D eigenvalue weighted by molar-refractivity contribution is 0.130. The largest absolute Gasteiger partial charge is 0.364 e. The van der Waals surface area contributed by atoms with Gasteiger partial charge in [0.15, 0.2) is 0 Å². The highest BCUT2D eigenvalue weighted by molar-refractivity contribution is 5.75. The zero-order chi connectivity index (χ0) is 12.5. The molecule has 2 rings (SSSR count). The van der Waals surface area contributed by atoms with Crippen LogP contribution in [0.3, 0.4) is 0 Å². The Hall–Kier alpha value is -1.35. The van der Waals surface area contributed by atoms with E-state index in [1.54, 1.807) is 7.11 Å². The molecule has 3 nitrogen and oxygen atoms in total. The van der Waals surface area contributed by atoms with Crippen LogP contribution in [0, 0.1) is 5.41 Å². The number of fused-ring (bicyclic) bond motifs is 1. The minimum atomic E-state index is 0.229. The molecule has 0 spiro atoms. The van der Waals surface area contributed by atoms with Gasteiger partial charge in [-0.15, -0.1) is 0 Å². The molecule has 0 unspecified atom stereocenters. The summed E-state index contributed by atoms with van der Waals surface area (Å²) in [5.41, 5.74) is 2.42. The van der Waals surface area contributed by atoms with Crippen molar-refractivity contribution in [2.24, 2.45) is 5.41 Å². The molecule has 0 radical (unpaired) electrons. The van der Waals surface area contributed by atoms with Crippen molar-refractivity contribution in [1.29, 1.82) is 0 Å². The number of rotatable bonds is 3. The molecule has 1 heterocycles. The summed E-state index contributed by atoms with van der Waals surface area (Å²) in [5, 5.41) is 0. The van der Waals surface area contributed by atoms with Crippen molar-refractivity contribution in [3.8, 4) is 0 Å². The highest BCUT2D eigenvalue weighted by Crippen LogP contribution is 2.23. The smallest absolute Gasteiger partial charge is 0.124 e. The number of ether oxygens (including phenoxy) is 1. The average Bonchev–Trinajstić information content (AvgIpc) is 2.55. The summed E-state index contributed by atoms with van der Waals surface area (Å²) in [6.07, 6.45) is 0.949. The Labute approximate surface area is 102 Å². The second kappa shape index (κ2) is 4.49. The monoisotopic (exact) mass is 232 g/mol. The Kier molecular flexibility index (Phi) is 3.20. The van der Waals surface area contributed by atoms with Gasteiger partial charge in [0.1, 0.15) is 12.6 Å². The maximum Gasteiger partial charge on any atom is 0.124 e. The Balaban J connectivity index is 2.49. The maximum atomic E-state index is 5.27. The van der Waals surface area contributed by atoms with Crippen LogP contribution in [0.25, 0.3) is 11.0 Å². The lowest BCUT2D eigenvalue weighted by Crippen LogP contribution is -2.15. The fraction of sp³-hybridized carbons (Fsp3) is 0.500. The fourth-order valence-corrected chi connectivity index (χ4v) is 2.01. The van der Waals surface area contributed by atoms with Crippen LogP contribution in [0.2, 0.25) is 0 Å². The maximum absolute atomic E-state index is 5.27. The van der Waals surface area contributed by atoms with Crippen molar-refractivity contribution in [2.45, 2.75) is 33.9 Å². The van der Waals surface area contributed by atoms with Gasteiger partial charge in [-0.2, -0.15) is 0 Å². The highest BCUT2D eigenvalue weighted by Gasteiger charge is 2.17. The second-order valence-corrected chi connectivity index (χ2v) is 5.60. The first-order valence-electron chi connectivity index (χ1n) is 5.94. The number of nitrogens with zero attached hydrogens (tertiary/aromatic N) is 2. The van der Waals surface area contributed by atoms with Gasteiger partial charge in [-0.25, -0.2) is 4.98 Å². The third-order valence-electron chi connectivity index (χ3n) is 2.68. The molecule has 0 saturated carbocycles. The van der Waals surface area contributed by atoms with E-state index < -0.39 is 0 Å². The van der Waals surface area contributed by atoms with Gasteiger partial charge in [-0.05, 0) is 17.5 Å². The first-order valence-corrected chi connectivity index (χ1v) is 5.94. The summed E-state index contributed by atoms with van der Waals surface area (Å²) in [7, 11) is 1.72. The molecule has 2 aromatic rings. The van der Waals surface area contributed by atoms with Gasteiger partial charge in [0.2, 0.25) is 0 Å². The van der Waals surface area contributed by atoms with Crippen LogP contribution in [-0.2, 0) is 17.9 Å². The van der Waals surface area contributed by atoms with Crippen LogP contribution in [-0.4, -0.2) is 16.7 Å². The van der Waals surface area contributed by atoms with E-state index in [2.05, 4.69) is 31.4 Å². The number of para-hydroxylation sites is 2. The molecule has 1 aromatic carbocycles. The summed E-state index contributed by atoms with van der Waals surface area (Å²) >= 11 is 0. The van der Waals surface area contributed by atoms with E-state index in [1.165, 1.54) is 0 Å². The first kappa shape index (κ1) is 12.1. The molecule has 0 fully saturated rings. The molecule has 0 bridgehead atoms. The van der Waals surface area contributed by atoms with Crippen molar-refractivity contribution in [3.05, 3.63) is 30.1 Å². The van der Waals surface area contributed by atoms with Gasteiger partial charge in [0, 0.05) is 13.5 Å². The minimum Gasteiger partial charge on any atom is -0.364 e. The Bertz CT molecular complexity index is 508. The molecule has 0 aliphatic carbocycles. The number of imidazole rings is 1. The minimum absolute atomic E-state index is 0.229. The number of aromatic nitrogens is 2. The van der Waals surface area contributed by atoms with Gasteiger partial charge < -0.3 is 9.30 Å². The lowest BCUT2D eigenvalue weighted by atomic mass is 9.92. The summed E-state index contributed by atoms with van der Waals surface area (Å²) in [4.78, 5) is 4.70.